The van der Waals surface area contributed by atoms with Crippen LogP contribution in [0.15, 0.2) is 59.1 Å². The lowest BCUT2D eigenvalue weighted by Gasteiger charge is -2.24. The van der Waals surface area contributed by atoms with E-state index in [4.69, 9.17) is 4.52 Å². The van der Waals surface area contributed by atoms with E-state index in [1.54, 1.807) is 0 Å². The van der Waals surface area contributed by atoms with E-state index < -0.39 is 0 Å². The number of carbonyl (C=O) groups is 1. The zero-order valence-electron chi connectivity index (χ0n) is 15.1. The Hall–Kier alpha value is -2.88. The minimum atomic E-state index is 0.0844. The first-order valence-corrected chi connectivity index (χ1v) is 8.98. The molecule has 0 saturated heterocycles. The molecule has 0 amide bonds. The van der Waals surface area contributed by atoms with Gasteiger partial charge in [0.05, 0.1) is 5.69 Å². The molecule has 1 heterocycles. The molecule has 0 N–H and O–H groups in total. The van der Waals surface area contributed by atoms with Crippen molar-refractivity contribution < 1.29 is 9.32 Å². The molecule has 4 nitrogen and oxygen atoms in total. The number of ketones is 1. The van der Waals surface area contributed by atoms with Crippen LogP contribution < -0.4 is 4.90 Å². The van der Waals surface area contributed by atoms with Gasteiger partial charge in [-0.05, 0) is 24.3 Å². The molecule has 1 aliphatic rings. The van der Waals surface area contributed by atoms with Gasteiger partial charge in [0.1, 0.15) is 0 Å². The summed E-state index contributed by atoms with van der Waals surface area (Å²) < 4.78 is 5.52. The van der Waals surface area contributed by atoms with Crippen LogP contribution in [0.3, 0.4) is 0 Å². The van der Waals surface area contributed by atoms with Crippen molar-refractivity contribution in [3.63, 3.8) is 0 Å². The van der Waals surface area contributed by atoms with Crippen LogP contribution in [-0.2, 0) is 12.8 Å². The summed E-state index contributed by atoms with van der Waals surface area (Å²) in [6, 6.07) is 17.5. The average Bonchev–Trinajstić information content (AvgIpc) is 3.11. The molecule has 3 aromatic rings. The van der Waals surface area contributed by atoms with Crippen LogP contribution in [0.1, 0.15) is 45.1 Å². The van der Waals surface area contributed by atoms with Gasteiger partial charge >= 0.3 is 0 Å². The standard InChI is InChI=1S/C22H22N2O2/c1-24(2)22-19-13-12-16(14-20(19)23-26-22)17-10-6-7-11-18(17)21(25)15-8-4-3-5-9-15/h3-11,16H,12-14H2,1-2H3. The molecule has 4 rings (SSSR count). The summed E-state index contributed by atoms with van der Waals surface area (Å²) >= 11 is 0. The lowest BCUT2D eigenvalue weighted by molar-refractivity contribution is 0.103. The lowest BCUT2D eigenvalue weighted by atomic mass is 9.80. The molecule has 0 spiro atoms. The van der Waals surface area contributed by atoms with E-state index in [2.05, 4.69) is 11.2 Å². The summed E-state index contributed by atoms with van der Waals surface area (Å²) in [5.41, 5.74) is 4.86. The summed E-state index contributed by atoms with van der Waals surface area (Å²) in [4.78, 5) is 15.0. The van der Waals surface area contributed by atoms with Crippen molar-refractivity contribution in [3.8, 4) is 0 Å². The Kier molecular flexibility index (Phi) is 4.33. The minimum Gasteiger partial charge on any atom is -0.347 e. The second-order valence-electron chi connectivity index (χ2n) is 7.03. The van der Waals surface area contributed by atoms with Crippen LogP contribution >= 0.6 is 0 Å². The van der Waals surface area contributed by atoms with Gasteiger partial charge in [-0.2, -0.15) is 0 Å². The Bertz CT molecular complexity index is 928. The zero-order chi connectivity index (χ0) is 18.1. The number of carbonyl (C=O) groups excluding carboxylic acids is 1. The van der Waals surface area contributed by atoms with Crippen LogP contribution in [0.25, 0.3) is 0 Å². The van der Waals surface area contributed by atoms with Crippen LogP contribution in [0, 0.1) is 0 Å². The number of fused-ring (bicyclic) bond motifs is 1. The first-order chi connectivity index (χ1) is 12.6. The van der Waals surface area contributed by atoms with Gasteiger partial charge in [-0.3, -0.25) is 4.79 Å². The molecule has 1 unspecified atom stereocenters. The summed E-state index contributed by atoms with van der Waals surface area (Å²) in [5.74, 6) is 1.22. The summed E-state index contributed by atoms with van der Waals surface area (Å²) in [5, 5.41) is 4.28. The zero-order valence-corrected chi connectivity index (χ0v) is 15.1. The third-order valence-electron chi connectivity index (χ3n) is 5.12. The van der Waals surface area contributed by atoms with Crippen LogP contribution in [0.5, 0.6) is 0 Å². The molecule has 132 valence electrons. The fourth-order valence-electron chi connectivity index (χ4n) is 3.82. The highest BCUT2D eigenvalue weighted by Crippen LogP contribution is 2.37. The number of benzene rings is 2. The van der Waals surface area contributed by atoms with Gasteiger partial charge in [0, 0.05) is 37.2 Å². The monoisotopic (exact) mass is 346 g/mol. The maximum absolute atomic E-state index is 13.0. The van der Waals surface area contributed by atoms with Crippen molar-refractivity contribution in [2.24, 2.45) is 0 Å². The van der Waals surface area contributed by atoms with Gasteiger partial charge in [0.2, 0.25) is 5.88 Å². The Morgan fingerprint density at radius 2 is 1.81 bits per heavy atom. The first kappa shape index (κ1) is 16.6. The van der Waals surface area contributed by atoms with E-state index in [9.17, 15) is 4.79 Å². The quantitative estimate of drug-likeness (QED) is 0.663. The SMILES string of the molecule is CN(C)c1onc2c1CCC(c1ccccc1C(=O)c1ccccc1)C2. The highest BCUT2D eigenvalue weighted by Gasteiger charge is 2.29. The molecule has 0 radical (unpaired) electrons. The molecule has 2 aromatic carbocycles. The van der Waals surface area contributed by atoms with Gasteiger partial charge in [0.15, 0.2) is 5.78 Å². The maximum atomic E-state index is 13.0. The van der Waals surface area contributed by atoms with E-state index in [-0.39, 0.29) is 11.7 Å². The predicted octanol–water partition coefficient (Wildman–Crippen LogP) is 4.24. The summed E-state index contributed by atoms with van der Waals surface area (Å²) in [7, 11) is 3.95. The third kappa shape index (κ3) is 2.92. The topological polar surface area (TPSA) is 46.3 Å². The highest BCUT2D eigenvalue weighted by atomic mass is 16.5. The number of nitrogens with zero attached hydrogens (tertiary/aromatic N) is 2. The lowest BCUT2D eigenvalue weighted by Crippen LogP contribution is -2.17. The molecule has 0 aliphatic heterocycles. The number of hydrogen-bond acceptors (Lipinski definition) is 4. The van der Waals surface area contributed by atoms with E-state index in [0.717, 1.165) is 47.5 Å². The first-order valence-electron chi connectivity index (χ1n) is 8.98. The van der Waals surface area contributed by atoms with E-state index in [1.165, 1.54) is 5.56 Å². The van der Waals surface area contributed by atoms with Crippen molar-refractivity contribution in [3.05, 3.63) is 82.5 Å². The number of hydrogen-bond donors (Lipinski definition) is 0. The van der Waals surface area contributed by atoms with Crippen LogP contribution in [0.4, 0.5) is 5.88 Å². The molecule has 1 aromatic heterocycles. The van der Waals surface area contributed by atoms with Gasteiger partial charge in [-0.15, -0.1) is 0 Å². The molecule has 26 heavy (non-hydrogen) atoms. The van der Waals surface area contributed by atoms with Gasteiger partial charge < -0.3 is 9.42 Å². The Morgan fingerprint density at radius 1 is 1.08 bits per heavy atom. The fraction of sp³-hybridized carbons (Fsp3) is 0.273. The minimum absolute atomic E-state index is 0.0844. The van der Waals surface area contributed by atoms with Crippen molar-refractivity contribution in [1.82, 2.24) is 5.16 Å². The molecule has 4 heteroatoms. The molecule has 1 aliphatic carbocycles. The van der Waals surface area contributed by atoms with Crippen LogP contribution in [0.2, 0.25) is 0 Å². The highest BCUT2D eigenvalue weighted by molar-refractivity contribution is 6.10. The van der Waals surface area contributed by atoms with Gasteiger partial charge in [-0.1, -0.05) is 59.8 Å². The number of rotatable bonds is 4. The predicted molar refractivity (Wildman–Crippen MR) is 102 cm³/mol. The van der Waals surface area contributed by atoms with Crippen molar-refractivity contribution >= 4 is 11.7 Å². The fourth-order valence-corrected chi connectivity index (χ4v) is 3.82. The summed E-state index contributed by atoms with van der Waals surface area (Å²) in [6.45, 7) is 0. The molecular weight excluding hydrogens is 324 g/mol. The number of anilines is 1. The molecule has 1 atom stereocenters. The third-order valence-corrected chi connectivity index (χ3v) is 5.12. The Morgan fingerprint density at radius 3 is 2.58 bits per heavy atom. The maximum Gasteiger partial charge on any atom is 0.230 e. The van der Waals surface area contributed by atoms with Crippen molar-refractivity contribution in [2.45, 2.75) is 25.2 Å². The van der Waals surface area contributed by atoms with Crippen LogP contribution in [-0.4, -0.2) is 25.0 Å². The van der Waals surface area contributed by atoms with E-state index in [0.29, 0.717) is 0 Å². The molecule has 0 fully saturated rings. The number of aromatic nitrogens is 1. The second kappa shape index (κ2) is 6.79. The second-order valence-corrected chi connectivity index (χ2v) is 7.03. The molecule has 0 saturated carbocycles. The van der Waals surface area contributed by atoms with Crippen molar-refractivity contribution in [2.75, 3.05) is 19.0 Å². The Balaban J connectivity index is 1.66. The Labute approximate surface area is 153 Å². The normalized spacial score (nSPS) is 16.2. The average molecular weight is 346 g/mol. The molecular formula is C22H22N2O2. The largest absolute Gasteiger partial charge is 0.347 e. The van der Waals surface area contributed by atoms with E-state index >= 15 is 0 Å². The van der Waals surface area contributed by atoms with E-state index in [1.807, 2.05) is 67.5 Å². The smallest absolute Gasteiger partial charge is 0.230 e. The molecule has 0 bridgehead atoms. The van der Waals surface area contributed by atoms with Crippen molar-refractivity contribution in [1.29, 1.82) is 0 Å². The summed E-state index contributed by atoms with van der Waals surface area (Å²) in [6.07, 6.45) is 2.73. The van der Waals surface area contributed by atoms with Gasteiger partial charge in [0.25, 0.3) is 0 Å². The van der Waals surface area contributed by atoms with Gasteiger partial charge in [-0.25, -0.2) is 0 Å².